The molecule has 2 aromatic carbocycles. The topological polar surface area (TPSA) is 55.8 Å². The van der Waals surface area contributed by atoms with Gasteiger partial charge in [-0.3, -0.25) is 0 Å². The highest BCUT2D eigenvalue weighted by molar-refractivity contribution is 5.90. The summed E-state index contributed by atoms with van der Waals surface area (Å²) in [5.74, 6) is -0.0331. The van der Waals surface area contributed by atoms with E-state index >= 15 is 0 Å². The number of ether oxygens (including phenoxy) is 2. The number of rotatable bonds is 6. The van der Waals surface area contributed by atoms with Gasteiger partial charge in [-0.05, 0) is 47.9 Å². The zero-order valence-corrected chi connectivity index (χ0v) is 12.6. The Bertz CT molecular complexity index is 654. The van der Waals surface area contributed by atoms with Crippen molar-refractivity contribution in [3.05, 3.63) is 65.4 Å². The van der Waals surface area contributed by atoms with Crippen LogP contribution in [0.4, 0.5) is 0 Å². The number of benzene rings is 2. The minimum absolute atomic E-state index is 0.130. The molecule has 0 saturated carbocycles. The van der Waals surface area contributed by atoms with E-state index in [1.54, 1.807) is 43.5 Å². The van der Waals surface area contributed by atoms with Crippen molar-refractivity contribution in [1.82, 2.24) is 0 Å². The van der Waals surface area contributed by atoms with Crippen LogP contribution in [0.2, 0.25) is 0 Å². The number of carbonyl (C=O) groups is 1. The van der Waals surface area contributed by atoms with Crippen LogP contribution in [0.15, 0.2) is 54.3 Å². The SMILES string of the molecule is CCc1ccc(OC(=Cc2ccc(OC)cc2)C(=O)O)cc1. The molecule has 2 aromatic rings. The smallest absolute Gasteiger partial charge is 0.371 e. The highest BCUT2D eigenvalue weighted by Gasteiger charge is 2.10. The van der Waals surface area contributed by atoms with Gasteiger partial charge in [0.2, 0.25) is 5.76 Å². The fraction of sp³-hybridized carbons (Fsp3) is 0.167. The van der Waals surface area contributed by atoms with E-state index < -0.39 is 5.97 Å². The largest absolute Gasteiger partial charge is 0.497 e. The summed E-state index contributed by atoms with van der Waals surface area (Å²) < 4.78 is 10.5. The van der Waals surface area contributed by atoms with Gasteiger partial charge in [0.25, 0.3) is 0 Å². The van der Waals surface area contributed by atoms with Gasteiger partial charge in [-0.25, -0.2) is 4.79 Å². The molecule has 0 aliphatic carbocycles. The lowest BCUT2D eigenvalue weighted by Gasteiger charge is -2.07. The predicted molar refractivity (Wildman–Crippen MR) is 85.1 cm³/mol. The molecule has 2 rings (SSSR count). The van der Waals surface area contributed by atoms with Gasteiger partial charge in [0.15, 0.2) is 0 Å². The molecule has 0 spiro atoms. The van der Waals surface area contributed by atoms with Crippen LogP contribution < -0.4 is 9.47 Å². The number of hydrogen-bond acceptors (Lipinski definition) is 3. The number of hydrogen-bond donors (Lipinski definition) is 1. The van der Waals surface area contributed by atoms with Crippen LogP contribution >= 0.6 is 0 Å². The average Bonchev–Trinajstić information content (AvgIpc) is 2.55. The number of methoxy groups -OCH3 is 1. The second-order valence-corrected chi connectivity index (χ2v) is 4.69. The first kappa shape index (κ1) is 15.6. The lowest BCUT2D eigenvalue weighted by atomic mass is 10.1. The first-order valence-electron chi connectivity index (χ1n) is 6.98. The van der Waals surface area contributed by atoms with E-state index in [0.29, 0.717) is 11.5 Å². The molecule has 1 N–H and O–H groups in total. The Morgan fingerprint density at radius 3 is 2.14 bits per heavy atom. The van der Waals surface area contributed by atoms with Crippen LogP contribution in [0.1, 0.15) is 18.1 Å². The van der Waals surface area contributed by atoms with Crippen molar-refractivity contribution in [2.24, 2.45) is 0 Å². The lowest BCUT2D eigenvalue weighted by molar-refractivity contribution is -0.134. The molecule has 4 nitrogen and oxygen atoms in total. The van der Waals surface area contributed by atoms with Crippen molar-refractivity contribution >= 4 is 12.0 Å². The van der Waals surface area contributed by atoms with Gasteiger partial charge < -0.3 is 14.6 Å². The van der Waals surface area contributed by atoms with Crippen LogP contribution in [0.5, 0.6) is 11.5 Å². The van der Waals surface area contributed by atoms with Crippen LogP contribution in [0, 0.1) is 0 Å². The summed E-state index contributed by atoms with van der Waals surface area (Å²) in [5, 5.41) is 9.28. The maximum atomic E-state index is 11.3. The summed E-state index contributed by atoms with van der Waals surface area (Å²) in [6.07, 6.45) is 2.41. The highest BCUT2D eigenvalue weighted by Crippen LogP contribution is 2.19. The lowest BCUT2D eigenvalue weighted by Crippen LogP contribution is -2.07. The monoisotopic (exact) mass is 298 g/mol. The molecule has 0 heterocycles. The number of carboxylic acids is 1. The normalized spacial score (nSPS) is 11.1. The highest BCUT2D eigenvalue weighted by atomic mass is 16.5. The van der Waals surface area contributed by atoms with Gasteiger partial charge in [-0.15, -0.1) is 0 Å². The Morgan fingerprint density at radius 1 is 1.05 bits per heavy atom. The molecule has 0 bridgehead atoms. The van der Waals surface area contributed by atoms with Crippen molar-refractivity contribution in [2.45, 2.75) is 13.3 Å². The van der Waals surface area contributed by atoms with Crippen molar-refractivity contribution in [1.29, 1.82) is 0 Å². The van der Waals surface area contributed by atoms with E-state index in [-0.39, 0.29) is 5.76 Å². The third kappa shape index (κ3) is 4.12. The second-order valence-electron chi connectivity index (χ2n) is 4.69. The van der Waals surface area contributed by atoms with Crippen molar-refractivity contribution in [2.75, 3.05) is 7.11 Å². The van der Waals surface area contributed by atoms with E-state index in [0.717, 1.165) is 12.0 Å². The predicted octanol–water partition coefficient (Wildman–Crippen LogP) is 3.76. The molecule has 0 aliphatic heterocycles. The maximum Gasteiger partial charge on any atom is 0.371 e. The quantitative estimate of drug-likeness (QED) is 0.651. The van der Waals surface area contributed by atoms with Crippen LogP contribution in [0.3, 0.4) is 0 Å². The Morgan fingerprint density at radius 2 is 1.64 bits per heavy atom. The van der Waals surface area contributed by atoms with Crippen LogP contribution in [-0.2, 0) is 11.2 Å². The first-order valence-corrected chi connectivity index (χ1v) is 6.98. The van der Waals surface area contributed by atoms with Gasteiger partial charge in [0, 0.05) is 0 Å². The van der Waals surface area contributed by atoms with Crippen LogP contribution in [0.25, 0.3) is 6.08 Å². The van der Waals surface area contributed by atoms with E-state index in [1.807, 2.05) is 12.1 Å². The molecule has 0 atom stereocenters. The summed E-state index contributed by atoms with van der Waals surface area (Å²) in [6.45, 7) is 2.06. The fourth-order valence-electron chi connectivity index (χ4n) is 1.91. The summed E-state index contributed by atoms with van der Waals surface area (Å²) in [7, 11) is 1.58. The summed E-state index contributed by atoms with van der Waals surface area (Å²) in [6, 6.07) is 14.4. The molecule has 4 heteroatoms. The maximum absolute atomic E-state index is 11.3. The van der Waals surface area contributed by atoms with E-state index in [9.17, 15) is 9.90 Å². The summed E-state index contributed by atoms with van der Waals surface area (Å²) >= 11 is 0. The van der Waals surface area contributed by atoms with Gasteiger partial charge >= 0.3 is 5.97 Å². The minimum Gasteiger partial charge on any atom is -0.497 e. The minimum atomic E-state index is -1.12. The van der Waals surface area contributed by atoms with E-state index in [1.165, 1.54) is 11.6 Å². The van der Waals surface area contributed by atoms with Crippen LogP contribution in [-0.4, -0.2) is 18.2 Å². The van der Waals surface area contributed by atoms with E-state index in [2.05, 4.69) is 6.92 Å². The molecule has 114 valence electrons. The van der Waals surface area contributed by atoms with Crippen molar-refractivity contribution in [3.63, 3.8) is 0 Å². The standard InChI is InChI=1S/C18H18O4/c1-3-13-4-10-16(11-5-13)22-17(18(19)20)12-14-6-8-15(21-2)9-7-14/h4-12H,3H2,1-2H3,(H,19,20). The number of aryl methyl sites for hydroxylation is 1. The summed E-state index contributed by atoms with van der Waals surface area (Å²) in [4.78, 5) is 11.3. The van der Waals surface area contributed by atoms with E-state index in [4.69, 9.17) is 9.47 Å². The van der Waals surface area contributed by atoms with Gasteiger partial charge in [-0.1, -0.05) is 31.2 Å². The molecule has 0 saturated heterocycles. The molecule has 0 fully saturated rings. The molecule has 0 amide bonds. The molecule has 22 heavy (non-hydrogen) atoms. The van der Waals surface area contributed by atoms with Gasteiger partial charge in [0.05, 0.1) is 7.11 Å². The second kappa shape index (κ2) is 7.31. The van der Waals surface area contributed by atoms with Gasteiger partial charge in [-0.2, -0.15) is 0 Å². The van der Waals surface area contributed by atoms with Gasteiger partial charge in [0.1, 0.15) is 11.5 Å². The third-order valence-electron chi connectivity index (χ3n) is 3.18. The number of carboxylic acid groups (broad SMARTS) is 1. The van der Waals surface area contributed by atoms with Crippen molar-refractivity contribution in [3.8, 4) is 11.5 Å². The molecular formula is C18H18O4. The fourth-order valence-corrected chi connectivity index (χ4v) is 1.91. The molecular weight excluding hydrogens is 280 g/mol. The zero-order valence-electron chi connectivity index (χ0n) is 12.6. The first-order chi connectivity index (χ1) is 10.6. The molecule has 0 aliphatic rings. The Kier molecular flexibility index (Phi) is 5.20. The summed E-state index contributed by atoms with van der Waals surface area (Å²) in [5.41, 5.74) is 1.90. The molecule has 0 unspecified atom stereocenters. The number of aliphatic carboxylic acids is 1. The third-order valence-corrected chi connectivity index (χ3v) is 3.18. The Balaban J connectivity index is 2.20. The zero-order chi connectivity index (χ0) is 15.9. The average molecular weight is 298 g/mol. The van der Waals surface area contributed by atoms with Crippen molar-refractivity contribution < 1.29 is 19.4 Å². The Hall–Kier alpha value is -2.75. The molecule has 0 radical (unpaired) electrons. The Labute approximate surface area is 129 Å². The molecule has 0 aromatic heterocycles.